The van der Waals surface area contributed by atoms with Crippen molar-refractivity contribution in [2.45, 2.75) is 302 Å². The number of thioether (sulfide) groups is 1. The van der Waals surface area contributed by atoms with Crippen LogP contribution in [0.15, 0.2) is 190 Å². The van der Waals surface area contributed by atoms with E-state index in [-0.39, 0.29) is 0 Å². The fourth-order valence-corrected chi connectivity index (χ4v) is 13.1. The summed E-state index contributed by atoms with van der Waals surface area (Å²) in [6.07, 6.45) is 38.6. The first-order valence-corrected chi connectivity index (χ1v) is 37.3. The van der Waals surface area contributed by atoms with E-state index in [1.165, 1.54) is 101 Å². The molecule has 522 valence electrons. The van der Waals surface area contributed by atoms with Gasteiger partial charge in [0.05, 0.1) is 59.5 Å². The number of nitrogens with zero attached hydrogens (tertiary/aromatic N) is 11. The maximum absolute atomic E-state index is 5.16. The van der Waals surface area contributed by atoms with Gasteiger partial charge < -0.3 is 43.9 Å². The Morgan fingerprint density at radius 3 is 1.40 bits per heavy atom. The predicted molar refractivity (Wildman–Crippen MR) is 414 cm³/mol. The normalized spacial score (nSPS) is 25.3. The molecule has 8 atom stereocenters. The number of hydrogen-bond donors (Lipinski definition) is 0. The molecule has 0 aromatic heterocycles. The van der Waals surface area contributed by atoms with Crippen LogP contribution in [0.2, 0.25) is 0 Å². The first-order chi connectivity index (χ1) is 44.9. The molecule has 16 aliphatic rings. The molecule has 2 saturated heterocycles. The van der Waals surface area contributed by atoms with Gasteiger partial charge in [-0.1, -0.05) is 129 Å². The molecule has 16 heterocycles. The minimum atomic E-state index is 0.554. The minimum Gasteiger partial charge on any atom is -0.447 e. The van der Waals surface area contributed by atoms with E-state index in [0.29, 0.717) is 36.3 Å². The van der Waals surface area contributed by atoms with Crippen molar-refractivity contribution in [2.24, 2.45) is 15.0 Å². The summed E-state index contributed by atoms with van der Waals surface area (Å²) in [5, 5.41) is 3.59. The average molecular weight is 1300 g/mol. The third-order valence-corrected chi connectivity index (χ3v) is 19.7. The maximum Gasteiger partial charge on any atom is 0.200 e. The molecule has 12 nitrogen and oxygen atoms in total. The van der Waals surface area contributed by atoms with Crippen LogP contribution in [0.1, 0.15) is 254 Å². The summed E-state index contributed by atoms with van der Waals surface area (Å²) in [7, 11) is 0. The molecule has 13 heteroatoms. The van der Waals surface area contributed by atoms with Crippen LogP contribution < -0.4 is 0 Å². The van der Waals surface area contributed by atoms with Crippen LogP contribution in [-0.4, -0.2) is 119 Å². The summed E-state index contributed by atoms with van der Waals surface area (Å²) >= 11 is 1.83. The van der Waals surface area contributed by atoms with Crippen molar-refractivity contribution in [2.75, 3.05) is 13.1 Å². The quantitative estimate of drug-likeness (QED) is 0.234. The van der Waals surface area contributed by atoms with Crippen molar-refractivity contribution >= 4 is 30.5 Å². The molecule has 0 amide bonds. The van der Waals surface area contributed by atoms with Gasteiger partial charge in [-0.25, -0.2) is 9.98 Å². The van der Waals surface area contributed by atoms with Gasteiger partial charge in [-0.15, -0.1) is 0 Å². The van der Waals surface area contributed by atoms with Crippen LogP contribution in [0.5, 0.6) is 0 Å². The number of fused-ring (bicyclic) bond motifs is 8. The summed E-state index contributed by atoms with van der Waals surface area (Å²) in [5.41, 5.74) is 19.2. The van der Waals surface area contributed by atoms with E-state index in [4.69, 9.17) is 4.74 Å². The zero-order valence-electron chi connectivity index (χ0n) is 65.1. The number of allylic oxidation sites excluding steroid dienone is 8. The van der Waals surface area contributed by atoms with Crippen LogP contribution in [0, 0.1) is 0 Å². The monoisotopic (exact) mass is 1300 g/mol. The highest BCUT2D eigenvalue weighted by Crippen LogP contribution is 2.44. The number of aliphatic imine (C=N–C) groups is 3. The Morgan fingerprint density at radius 2 is 0.882 bits per heavy atom. The summed E-state index contributed by atoms with van der Waals surface area (Å²) in [5.74, 6) is 2.16. The standard InChI is InChI=1S/C9H15N.C9H11N.3C8H10N2.C8H13N.C7H9NO.C7H9NS.8C2H6/c2*1-7-8(2)10-6-4-3-5-9(7)10;1-6-7(2)10-4-3-9-5-8(6)10;1-6-7(2)10-5-9-4-3-8(6)10;1-6-7(2)10-5-3-4-9-8(6)10;1-6-7(2)9-5-3-4-8(6)9;2*1-5-6(2)8-3-4-9-7(5)8;8*1-2/h8H,3-6H2,1-2H3;3-6,8H,1-2H3;3*3-5,7H,1-2H3;7H,3-5H2,1-2H3;2*3-4,6H,1-2H3;8*1-2H3. The van der Waals surface area contributed by atoms with Crippen LogP contribution >= 0.6 is 11.8 Å². The molecule has 8 unspecified atom stereocenters. The lowest BCUT2D eigenvalue weighted by Gasteiger charge is -2.47. The van der Waals surface area contributed by atoms with E-state index in [1.807, 2.05) is 172 Å². The number of piperidine rings is 1. The van der Waals surface area contributed by atoms with Gasteiger partial charge in [-0.05, 0) is 212 Å². The molecule has 93 heavy (non-hydrogen) atoms. The molecule has 2 fully saturated rings. The third kappa shape index (κ3) is 19.7. The van der Waals surface area contributed by atoms with Crippen molar-refractivity contribution in [3.8, 4) is 0 Å². The van der Waals surface area contributed by atoms with Crippen LogP contribution in [0.3, 0.4) is 0 Å². The molecule has 0 spiro atoms. The zero-order valence-corrected chi connectivity index (χ0v) is 65.9. The van der Waals surface area contributed by atoms with E-state index in [9.17, 15) is 0 Å². The molecular formula is C80H135N11OS. The van der Waals surface area contributed by atoms with Gasteiger partial charge in [0.1, 0.15) is 12.1 Å². The highest BCUT2D eigenvalue weighted by molar-refractivity contribution is 8.06. The lowest BCUT2D eigenvalue weighted by molar-refractivity contribution is 0.193. The topological polar surface area (TPSA) is 72.2 Å². The second kappa shape index (κ2) is 43.6. The Bertz CT molecular complexity index is 2660. The van der Waals surface area contributed by atoms with Crippen LogP contribution in [-0.2, 0) is 4.74 Å². The first kappa shape index (κ1) is 84.7. The van der Waals surface area contributed by atoms with E-state index in [0.717, 1.165) is 23.8 Å². The van der Waals surface area contributed by atoms with Crippen molar-refractivity contribution in [3.05, 3.63) is 175 Å². The summed E-state index contributed by atoms with van der Waals surface area (Å²) in [4.78, 5) is 30.7. The molecular weight excluding hydrogens is 1160 g/mol. The van der Waals surface area contributed by atoms with Crippen molar-refractivity contribution in [1.29, 1.82) is 0 Å². The van der Waals surface area contributed by atoms with Gasteiger partial charge in [0.25, 0.3) is 0 Å². The van der Waals surface area contributed by atoms with E-state index < -0.39 is 0 Å². The second-order valence-electron chi connectivity index (χ2n) is 22.5. The lowest BCUT2D eigenvalue weighted by Crippen LogP contribution is -2.45. The largest absolute Gasteiger partial charge is 0.447 e. The second-order valence-corrected chi connectivity index (χ2v) is 23.4. The van der Waals surface area contributed by atoms with Gasteiger partial charge in [0.2, 0.25) is 5.88 Å². The number of hydrogen-bond acceptors (Lipinski definition) is 13. The van der Waals surface area contributed by atoms with Crippen LogP contribution in [0.4, 0.5) is 0 Å². The summed E-state index contributed by atoms with van der Waals surface area (Å²) in [6.45, 7) is 69.9. The Morgan fingerprint density at radius 1 is 0.398 bits per heavy atom. The van der Waals surface area contributed by atoms with Gasteiger partial charge in [0, 0.05) is 103 Å². The highest BCUT2D eigenvalue weighted by atomic mass is 32.2. The molecule has 0 aromatic carbocycles. The molecule has 0 bridgehead atoms. The molecule has 16 rings (SSSR count). The maximum atomic E-state index is 5.16. The molecule has 16 aliphatic heterocycles. The van der Waals surface area contributed by atoms with Crippen molar-refractivity contribution < 1.29 is 4.74 Å². The van der Waals surface area contributed by atoms with Crippen molar-refractivity contribution in [1.82, 2.24) is 39.2 Å². The SMILES string of the molecule is CC.CC.CC.CC.CC.CC.CC.CC.CC1=C2C=CC=CN2C1C.CC1=C2C=CN=CN2C1C.CC1=C2C=NC=CN2C1C.CC1=C2CCCCN2C1C.CC1=C2CCCN2C1C.CC1=C2N=CC=CN2C1C.CC1=C2OC=CN2C1C.CC1=C2SC=CN2C1C. The fraction of sp³-hybridized carbons (Fsp3) is 0.588. The average Bonchev–Trinajstić information content (AvgIpc) is 1.77. The lowest BCUT2D eigenvalue weighted by atomic mass is 9.89. The van der Waals surface area contributed by atoms with Gasteiger partial charge >= 0.3 is 0 Å². The number of rotatable bonds is 0. The Labute approximate surface area is 576 Å². The fourth-order valence-electron chi connectivity index (χ4n) is 12.0. The Balaban J connectivity index is 0.000000515. The number of ether oxygens (including phenoxy) is 1. The Hall–Kier alpha value is -6.34. The molecule has 0 N–H and O–H groups in total. The highest BCUT2D eigenvalue weighted by Gasteiger charge is 2.37. The summed E-state index contributed by atoms with van der Waals surface area (Å²) in [6, 6.07) is 5.06. The smallest absolute Gasteiger partial charge is 0.200 e. The van der Waals surface area contributed by atoms with E-state index >= 15 is 0 Å². The first-order valence-electron chi connectivity index (χ1n) is 36.4. The summed E-state index contributed by atoms with van der Waals surface area (Å²) < 4.78 is 5.16. The van der Waals surface area contributed by atoms with Gasteiger partial charge in [-0.2, -0.15) is 0 Å². The molecule has 0 radical (unpaired) electrons. The zero-order chi connectivity index (χ0) is 71.0. The predicted octanol–water partition coefficient (Wildman–Crippen LogP) is 22.3. The van der Waals surface area contributed by atoms with Crippen LogP contribution in [0.25, 0.3) is 0 Å². The van der Waals surface area contributed by atoms with Gasteiger partial charge in [0.15, 0.2) is 0 Å². The van der Waals surface area contributed by atoms with Gasteiger partial charge in [-0.3, -0.25) is 4.99 Å². The minimum absolute atomic E-state index is 0.554. The van der Waals surface area contributed by atoms with Crippen molar-refractivity contribution in [3.63, 3.8) is 0 Å². The third-order valence-electron chi connectivity index (χ3n) is 18.7. The Kier molecular flexibility index (Phi) is 39.7. The molecule has 0 aliphatic carbocycles. The molecule has 0 aromatic rings. The van der Waals surface area contributed by atoms with E-state index in [1.54, 1.807) is 28.8 Å². The molecule has 0 saturated carbocycles. The van der Waals surface area contributed by atoms with E-state index in [2.05, 4.69) is 213 Å².